The minimum absolute atomic E-state index is 0.0371. The molecule has 1 N–H and O–H groups in total. The van der Waals surface area contributed by atoms with Crippen LogP contribution in [-0.2, 0) is 4.74 Å². The number of benzene rings is 2. The minimum Gasteiger partial charge on any atom is -0.454 e. The fourth-order valence-electron chi connectivity index (χ4n) is 3.53. The van der Waals surface area contributed by atoms with Crippen LogP contribution in [0.15, 0.2) is 51.9 Å². The number of halogens is 1. The zero-order valence-corrected chi connectivity index (χ0v) is 16.8. The summed E-state index contributed by atoms with van der Waals surface area (Å²) < 4.78 is 22.3. The number of amides is 1. The number of rotatable bonds is 4. The molecule has 1 saturated heterocycles. The molecule has 0 bridgehead atoms. The first-order valence-corrected chi connectivity index (χ1v) is 10.1. The van der Waals surface area contributed by atoms with Crippen molar-refractivity contribution in [2.24, 2.45) is 4.99 Å². The lowest BCUT2D eigenvalue weighted by Crippen LogP contribution is -2.34. The Morgan fingerprint density at radius 2 is 2.03 bits per heavy atom. The molecule has 2 aliphatic heterocycles. The van der Waals surface area contributed by atoms with Gasteiger partial charge in [0.1, 0.15) is 11.1 Å². The van der Waals surface area contributed by atoms with Crippen molar-refractivity contribution in [1.82, 2.24) is 5.32 Å². The molecule has 0 aliphatic carbocycles. The topological polar surface area (TPSA) is 82.3 Å². The fraction of sp³-hybridized carbons (Fsp3) is 0.273. The van der Waals surface area contributed by atoms with E-state index in [1.165, 1.54) is 0 Å². The Bertz CT molecular complexity index is 1180. The van der Waals surface area contributed by atoms with Crippen molar-refractivity contribution in [3.8, 4) is 11.5 Å². The summed E-state index contributed by atoms with van der Waals surface area (Å²) in [4.78, 5) is 17.5. The monoisotopic (exact) mass is 426 g/mol. The van der Waals surface area contributed by atoms with E-state index < -0.39 is 0 Å². The Labute approximate surface area is 177 Å². The first kappa shape index (κ1) is 19.0. The molecular weight excluding hydrogens is 408 g/mol. The molecule has 8 heteroatoms. The summed E-state index contributed by atoms with van der Waals surface area (Å²) in [5, 5.41) is 4.20. The van der Waals surface area contributed by atoms with Gasteiger partial charge in [-0.2, -0.15) is 0 Å². The number of nitrogens with zero attached hydrogens (tertiary/aromatic N) is 1. The normalized spacial score (nSPS) is 18.2. The van der Waals surface area contributed by atoms with Gasteiger partial charge in [-0.1, -0.05) is 11.6 Å². The number of carbonyl (C=O) groups excluding carboxylic acids is 1. The molecule has 30 heavy (non-hydrogen) atoms. The molecule has 0 radical (unpaired) electrons. The number of fused-ring (bicyclic) bond motifs is 2. The van der Waals surface area contributed by atoms with Crippen molar-refractivity contribution >= 4 is 34.2 Å². The molecule has 0 spiro atoms. The number of hydrogen-bond acceptors (Lipinski definition) is 6. The molecule has 5 rings (SSSR count). The Balaban J connectivity index is 1.55. The molecule has 3 heterocycles. The van der Waals surface area contributed by atoms with E-state index in [-0.39, 0.29) is 24.4 Å². The third kappa shape index (κ3) is 3.86. The highest BCUT2D eigenvalue weighted by atomic mass is 35.5. The fourth-order valence-corrected chi connectivity index (χ4v) is 3.71. The maximum atomic E-state index is 13.0. The number of ether oxygens (including phenoxy) is 3. The molecule has 1 unspecified atom stereocenters. The molecule has 0 saturated carbocycles. The van der Waals surface area contributed by atoms with Gasteiger partial charge in [-0.05, 0) is 49.2 Å². The molecule has 1 fully saturated rings. The van der Waals surface area contributed by atoms with Gasteiger partial charge in [0.15, 0.2) is 11.5 Å². The molecule has 7 nitrogen and oxygen atoms in total. The highest BCUT2D eigenvalue weighted by Crippen LogP contribution is 2.35. The zero-order valence-electron chi connectivity index (χ0n) is 16.0. The van der Waals surface area contributed by atoms with E-state index in [0.29, 0.717) is 39.9 Å². The SMILES string of the molecule is O=C(NCC1CCCO1)c1cc2cc(Cl)ccc2oc1=Nc1ccc2c(c1)OCO2. The van der Waals surface area contributed by atoms with Crippen LogP contribution >= 0.6 is 11.6 Å². The van der Waals surface area contributed by atoms with Crippen LogP contribution in [-0.4, -0.2) is 32.0 Å². The Morgan fingerprint density at radius 1 is 1.13 bits per heavy atom. The van der Waals surface area contributed by atoms with Gasteiger partial charge in [0.25, 0.3) is 5.91 Å². The molecule has 154 valence electrons. The van der Waals surface area contributed by atoms with Crippen molar-refractivity contribution in [3.63, 3.8) is 0 Å². The Kier molecular flexibility index (Phi) is 5.06. The average Bonchev–Trinajstić information content (AvgIpc) is 3.43. The van der Waals surface area contributed by atoms with Gasteiger partial charge in [-0.15, -0.1) is 0 Å². The van der Waals surface area contributed by atoms with Gasteiger partial charge >= 0.3 is 0 Å². The smallest absolute Gasteiger partial charge is 0.256 e. The maximum absolute atomic E-state index is 13.0. The van der Waals surface area contributed by atoms with E-state index in [0.717, 1.165) is 24.8 Å². The van der Waals surface area contributed by atoms with Gasteiger partial charge in [-0.3, -0.25) is 4.79 Å². The summed E-state index contributed by atoms with van der Waals surface area (Å²) in [5.41, 5.74) is 1.69. The molecular formula is C22H19ClN2O5. The van der Waals surface area contributed by atoms with Crippen molar-refractivity contribution in [2.45, 2.75) is 18.9 Å². The Morgan fingerprint density at radius 3 is 2.90 bits per heavy atom. The molecule has 1 amide bonds. The summed E-state index contributed by atoms with van der Waals surface area (Å²) in [6.07, 6.45) is 1.98. The van der Waals surface area contributed by atoms with Crippen molar-refractivity contribution in [1.29, 1.82) is 0 Å². The largest absolute Gasteiger partial charge is 0.454 e. The lowest BCUT2D eigenvalue weighted by Gasteiger charge is -2.11. The first-order chi connectivity index (χ1) is 14.7. The predicted octanol–water partition coefficient (Wildman–Crippen LogP) is 3.96. The van der Waals surface area contributed by atoms with Crippen LogP contribution in [0, 0.1) is 0 Å². The minimum atomic E-state index is -0.282. The maximum Gasteiger partial charge on any atom is 0.256 e. The van der Waals surface area contributed by atoms with E-state index in [9.17, 15) is 4.79 Å². The molecule has 2 aliphatic rings. The van der Waals surface area contributed by atoms with Gasteiger partial charge in [0, 0.05) is 29.6 Å². The van der Waals surface area contributed by atoms with Gasteiger partial charge < -0.3 is 23.9 Å². The van der Waals surface area contributed by atoms with Crippen LogP contribution in [0.1, 0.15) is 23.2 Å². The second kappa shape index (κ2) is 8.01. The van der Waals surface area contributed by atoms with Crippen molar-refractivity contribution in [3.05, 3.63) is 58.6 Å². The third-order valence-corrected chi connectivity index (χ3v) is 5.29. The summed E-state index contributed by atoms with van der Waals surface area (Å²) in [6, 6.07) is 12.3. The lowest BCUT2D eigenvalue weighted by molar-refractivity contribution is 0.0854. The van der Waals surface area contributed by atoms with E-state index in [2.05, 4.69) is 10.3 Å². The standard InChI is InChI=1S/C22H19ClN2O5/c23-14-3-5-18-13(8-14)9-17(21(26)24-11-16-2-1-7-27-16)22(30-18)25-15-4-6-19-20(10-15)29-12-28-19/h3-6,8-10,16H,1-2,7,11-12H2,(H,24,26). The van der Waals surface area contributed by atoms with Gasteiger partial charge in [-0.25, -0.2) is 4.99 Å². The van der Waals surface area contributed by atoms with E-state index in [1.807, 2.05) is 0 Å². The predicted molar refractivity (Wildman–Crippen MR) is 110 cm³/mol. The van der Waals surface area contributed by atoms with Crippen LogP contribution < -0.4 is 20.3 Å². The van der Waals surface area contributed by atoms with Crippen molar-refractivity contribution < 1.29 is 23.4 Å². The average molecular weight is 427 g/mol. The van der Waals surface area contributed by atoms with E-state index >= 15 is 0 Å². The van der Waals surface area contributed by atoms with Crippen LogP contribution in [0.2, 0.25) is 5.02 Å². The molecule has 1 atom stereocenters. The Hall–Kier alpha value is -3.03. The quantitative estimate of drug-likeness (QED) is 0.683. The summed E-state index contributed by atoms with van der Waals surface area (Å²) >= 11 is 6.11. The summed E-state index contributed by atoms with van der Waals surface area (Å²) in [5.74, 6) is 0.984. The molecule has 2 aromatic carbocycles. The van der Waals surface area contributed by atoms with E-state index in [4.69, 9.17) is 30.2 Å². The first-order valence-electron chi connectivity index (χ1n) is 9.73. The van der Waals surface area contributed by atoms with Crippen LogP contribution in [0.25, 0.3) is 11.0 Å². The number of nitrogens with one attached hydrogen (secondary N) is 1. The van der Waals surface area contributed by atoms with Crippen LogP contribution in [0.3, 0.4) is 0 Å². The second-order valence-corrected chi connectivity index (χ2v) is 7.58. The number of carbonyl (C=O) groups is 1. The summed E-state index contributed by atoms with van der Waals surface area (Å²) in [7, 11) is 0. The highest BCUT2D eigenvalue weighted by molar-refractivity contribution is 6.31. The van der Waals surface area contributed by atoms with Gasteiger partial charge in [0.2, 0.25) is 12.3 Å². The second-order valence-electron chi connectivity index (χ2n) is 7.14. The highest BCUT2D eigenvalue weighted by Gasteiger charge is 2.19. The molecule has 1 aromatic heterocycles. The van der Waals surface area contributed by atoms with Gasteiger partial charge in [0.05, 0.1) is 11.8 Å². The number of hydrogen-bond donors (Lipinski definition) is 1. The van der Waals surface area contributed by atoms with Crippen molar-refractivity contribution in [2.75, 3.05) is 19.9 Å². The van der Waals surface area contributed by atoms with Crippen LogP contribution in [0.4, 0.5) is 5.69 Å². The van der Waals surface area contributed by atoms with Crippen LogP contribution in [0.5, 0.6) is 11.5 Å². The zero-order chi connectivity index (χ0) is 20.5. The lowest BCUT2D eigenvalue weighted by atomic mass is 10.1. The molecule has 3 aromatic rings. The summed E-state index contributed by atoms with van der Waals surface area (Å²) in [6.45, 7) is 1.35. The third-order valence-electron chi connectivity index (χ3n) is 5.05. The van der Waals surface area contributed by atoms with E-state index in [1.54, 1.807) is 42.5 Å².